The molecule has 0 saturated heterocycles. The van der Waals surface area contributed by atoms with Crippen LogP contribution < -0.4 is 5.32 Å². The molecule has 1 heterocycles. The van der Waals surface area contributed by atoms with Gasteiger partial charge in [-0.25, -0.2) is 0 Å². The van der Waals surface area contributed by atoms with Gasteiger partial charge in [0.1, 0.15) is 0 Å². The van der Waals surface area contributed by atoms with E-state index in [1.54, 1.807) is 0 Å². The van der Waals surface area contributed by atoms with Crippen LogP contribution >= 0.6 is 0 Å². The summed E-state index contributed by atoms with van der Waals surface area (Å²) in [5, 5.41) is 4.88. The van der Waals surface area contributed by atoms with E-state index in [9.17, 15) is 0 Å². The standard InChI is InChI=1S/C20H30N2/c1-13(2)11-21-12-17-10-20(15(5)6)22-19-8-7-16(14(3)4)9-18(17)19/h7-10,13-15,21H,11-12H2,1-6H3. The van der Waals surface area contributed by atoms with Gasteiger partial charge < -0.3 is 5.32 Å². The van der Waals surface area contributed by atoms with Crippen LogP contribution in [0.25, 0.3) is 10.9 Å². The third kappa shape index (κ3) is 4.07. The van der Waals surface area contributed by atoms with Crippen molar-refractivity contribution < 1.29 is 0 Å². The van der Waals surface area contributed by atoms with Gasteiger partial charge in [-0.3, -0.25) is 4.98 Å². The molecule has 0 saturated carbocycles. The van der Waals surface area contributed by atoms with Gasteiger partial charge in [-0.1, -0.05) is 47.6 Å². The maximum absolute atomic E-state index is 4.85. The van der Waals surface area contributed by atoms with Gasteiger partial charge in [0.25, 0.3) is 0 Å². The topological polar surface area (TPSA) is 24.9 Å². The zero-order valence-electron chi connectivity index (χ0n) is 14.9. The molecule has 0 aliphatic rings. The van der Waals surface area contributed by atoms with Gasteiger partial charge in [0.15, 0.2) is 0 Å². The average molecular weight is 298 g/mol. The molecular weight excluding hydrogens is 268 g/mol. The Morgan fingerprint density at radius 2 is 1.68 bits per heavy atom. The van der Waals surface area contributed by atoms with Crippen LogP contribution in [0.1, 0.15) is 70.2 Å². The minimum atomic E-state index is 0.457. The molecule has 0 radical (unpaired) electrons. The number of aromatic nitrogens is 1. The smallest absolute Gasteiger partial charge is 0.0708 e. The molecule has 2 aromatic rings. The second kappa shape index (κ2) is 7.23. The predicted molar refractivity (Wildman–Crippen MR) is 96.5 cm³/mol. The molecule has 0 amide bonds. The summed E-state index contributed by atoms with van der Waals surface area (Å²) < 4.78 is 0. The van der Waals surface area contributed by atoms with E-state index >= 15 is 0 Å². The van der Waals surface area contributed by atoms with Crippen molar-refractivity contribution in [3.05, 3.63) is 41.1 Å². The molecular formula is C20H30N2. The Bertz CT molecular complexity index is 627. The van der Waals surface area contributed by atoms with Crippen LogP contribution in [0.2, 0.25) is 0 Å². The van der Waals surface area contributed by atoms with E-state index in [-0.39, 0.29) is 0 Å². The van der Waals surface area contributed by atoms with Crippen LogP contribution in [-0.2, 0) is 6.54 Å². The zero-order valence-corrected chi connectivity index (χ0v) is 14.9. The van der Waals surface area contributed by atoms with Gasteiger partial charge >= 0.3 is 0 Å². The molecule has 0 atom stereocenters. The van der Waals surface area contributed by atoms with Crippen LogP contribution in [0, 0.1) is 5.92 Å². The summed E-state index contributed by atoms with van der Waals surface area (Å²) >= 11 is 0. The Kier molecular flexibility index (Phi) is 5.57. The van der Waals surface area contributed by atoms with E-state index in [1.165, 1.54) is 22.2 Å². The zero-order chi connectivity index (χ0) is 16.3. The number of hydrogen-bond donors (Lipinski definition) is 1. The van der Waals surface area contributed by atoms with Gasteiger partial charge in [0.05, 0.1) is 5.52 Å². The largest absolute Gasteiger partial charge is 0.312 e. The second-order valence-corrected chi connectivity index (χ2v) is 7.32. The van der Waals surface area contributed by atoms with Crippen molar-refractivity contribution in [2.24, 2.45) is 5.92 Å². The molecule has 0 aliphatic carbocycles. The number of nitrogens with one attached hydrogen (secondary N) is 1. The monoisotopic (exact) mass is 298 g/mol. The molecule has 1 N–H and O–H groups in total. The number of fused-ring (bicyclic) bond motifs is 1. The minimum absolute atomic E-state index is 0.457. The molecule has 120 valence electrons. The predicted octanol–water partition coefficient (Wildman–Crippen LogP) is 5.23. The van der Waals surface area contributed by atoms with Gasteiger partial charge in [-0.2, -0.15) is 0 Å². The molecule has 0 fully saturated rings. The summed E-state index contributed by atoms with van der Waals surface area (Å²) in [5.41, 5.74) is 5.07. The highest BCUT2D eigenvalue weighted by molar-refractivity contribution is 5.83. The van der Waals surface area contributed by atoms with Crippen LogP contribution in [0.3, 0.4) is 0 Å². The van der Waals surface area contributed by atoms with E-state index in [0.29, 0.717) is 17.8 Å². The number of hydrogen-bond acceptors (Lipinski definition) is 2. The summed E-state index contributed by atoms with van der Waals surface area (Å²) in [4.78, 5) is 4.85. The molecule has 22 heavy (non-hydrogen) atoms. The highest BCUT2D eigenvalue weighted by atomic mass is 14.9. The van der Waals surface area contributed by atoms with Gasteiger partial charge in [-0.15, -0.1) is 0 Å². The maximum Gasteiger partial charge on any atom is 0.0708 e. The van der Waals surface area contributed by atoms with Crippen molar-refractivity contribution in [3.8, 4) is 0 Å². The molecule has 0 aliphatic heterocycles. The first-order valence-corrected chi connectivity index (χ1v) is 8.52. The molecule has 1 aromatic heterocycles. The number of nitrogens with zero attached hydrogens (tertiary/aromatic N) is 1. The number of benzene rings is 1. The quantitative estimate of drug-likeness (QED) is 0.790. The summed E-state index contributed by atoms with van der Waals surface area (Å²) in [6.07, 6.45) is 0. The molecule has 2 nitrogen and oxygen atoms in total. The average Bonchev–Trinajstić information content (AvgIpc) is 2.45. The lowest BCUT2D eigenvalue weighted by Crippen LogP contribution is -2.19. The van der Waals surface area contributed by atoms with Crippen LogP contribution in [0.15, 0.2) is 24.3 Å². The molecule has 0 unspecified atom stereocenters. The lowest BCUT2D eigenvalue weighted by molar-refractivity contribution is 0.553. The number of rotatable bonds is 6. The molecule has 1 aromatic carbocycles. The fourth-order valence-corrected chi connectivity index (χ4v) is 2.63. The van der Waals surface area contributed by atoms with Crippen molar-refractivity contribution >= 4 is 10.9 Å². The lowest BCUT2D eigenvalue weighted by atomic mass is 9.97. The first-order valence-electron chi connectivity index (χ1n) is 8.52. The number of pyridine rings is 1. The maximum atomic E-state index is 4.85. The molecule has 2 heteroatoms. The minimum Gasteiger partial charge on any atom is -0.312 e. The van der Waals surface area contributed by atoms with Crippen molar-refractivity contribution in [3.63, 3.8) is 0 Å². The highest BCUT2D eigenvalue weighted by Gasteiger charge is 2.10. The van der Waals surface area contributed by atoms with E-state index in [0.717, 1.165) is 18.6 Å². The van der Waals surface area contributed by atoms with E-state index in [4.69, 9.17) is 4.98 Å². The molecule has 0 bridgehead atoms. The third-order valence-electron chi connectivity index (χ3n) is 4.06. The SMILES string of the molecule is CC(C)CNCc1cc(C(C)C)nc2ccc(C(C)C)cc12. The van der Waals surface area contributed by atoms with Gasteiger partial charge in [-0.05, 0) is 53.6 Å². The Morgan fingerprint density at radius 3 is 2.27 bits per heavy atom. The summed E-state index contributed by atoms with van der Waals surface area (Å²) in [6.45, 7) is 15.4. The highest BCUT2D eigenvalue weighted by Crippen LogP contribution is 2.26. The summed E-state index contributed by atoms with van der Waals surface area (Å²) in [7, 11) is 0. The van der Waals surface area contributed by atoms with Gasteiger partial charge in [0, 0.05) is 17.6 Å². The van der Waals surface area contributed by atoms with Crippen molar-refractivity contribution in [2.75, 3.05) is 6.54 Å². The second-order valence-electron chi connectivity index (χ2n) is 7.32. The lowest BCUT2D eigenvalue weighted by Gasteiger charge is -2.15. The van der Waals surface area contributed by atoms with Crippen molar-refractivity contribution in [1.29, 1.82) is 0 Å². The normalized spacial score (nSPS) is 12.0. The van der Waals surface area contributed by atoms with Gasteiger partial charge in [0.2, 0.25) is 0 Å². The summed E-state index contributed by atoms with van der Waals surface area (Å²) in [5.74, 6) is 1.67. The third-order valence-corrected chi connectivity index (χ3v) is 4.06. The molecule has 2 rings (SSSR count). The van der Waals surface area contributed by atoms with Crippen LogP contribution in [0.5, 0.6) is 0 Å². The van der Waals surface area contributed by atoms with E-state index < -0.39 is 0 Å². The van der Waals surface area contributed by atoms with Crippen LogP contribution in [0.4, 0.5) is 0 Å². The van der Waals surface area contributed by atoms with Crippen molar-refractivity contribution in [2.45, 2.75) is 59.9 Å². The first-order chi connectivity index (χ1) is 10.4. The summed E-state index contributed by atoms with van der Waals surface area (Å²) in [6, 6.07) is 9.01. The Labute approximate surface area is 135 Å². The van der Waals surface area contributed by atoms with E-state index in [2.05, 4.69) is 71.1 Å². The Morgan fingerprint density at radius 1 is 0.955 bits per heavy atom. The van der Waals surface area contributed by atoms with Crippen molar-refractivity contribution in [1.82, 2.24) is 10.3 Å². The van der Waals surface area contributed by atoms with E-state index in [1.807, 2.05) is 0 Å². The fourth-order valence-electron chi connectivity index (χ4n) is 2.63. The first kappa shape index (κ1) is 17.0. The molecule has 0 spiro atoms. The Balaban J connectivity index is 2.44. The van der Waals surface area contributed by atoms with Crippen LogP contribution in [-0.4, -0.2) is 11.5 Å². The Hall–Kier alpha value is -1.41. The fraction of sp³-hybridized carbons (Fsp3) is 0.550.